The van der Waals surface area contributed by atoms with E-state index in [1.807, 2.05) is 0 Å². The van der Waals surface area contributed by atoms with E-state index in [1.54, 1.807) is 6.92 Å². The molecule has 5 nitrogen and oxygen atoms in total. The maximum Gasteiger partial charge on any atom is 0.416 e. The topological polar surface area (TPSA) is 67.4 Å². The molecule has 0 aliphatic carbocycles. The first-order chi connectivity index (χ1) is 9.38. The van der Waals surface area contributed by atoms with Crippen LogP contribution in [0.15, 0.2) is 24.3 Å². The van der Waals surface area contributed by atoms with Crippen LogP contribution in [0.25, 0.3) is 0 Å². The number of aldehydes is 1. The summed E-state index contributed by atoms with van der Waals surface area (Å²) >= 11 is 0. The second-order valence-electron chi connectivity index (χ2n) is 3.71. The first-order valence-corrected chi connectivity index (χ1v) is 5.69. The fourth-order valence-electron chi connectivity index (χ4n) is 1.28. The molecule has 0 aromatic heterocycles. The van der Waals surface area contributed by atoms with Gasteiger partial charge in [-0.05, 0) is 31.2 Å². The fraction of sp³-hybridized carbons (Fsp3) is 0.333. The van der Waals surface area contributed by atoms with Gasteiger partial charge in [0.2, 0.25) is 0 Å². The number of alkyl halides is 3. The van der Waals surface area contributed by atoms with Gasteiger partial charge < -0.3 is 15.0 Å². The number of halogens is 3. The molecule has 0 spiro atoms. The van der Waals surface area contributed by atoms with Crippen molar-refractivity contribution in [2.75, 3.05) is 12.0 Å². The number of hydrogen-bond donors (Lipinski definition) is 2. The second-order valence-corrected chi connectivity index (χ2v) is 3.71. The van der Waals surface area contributed by atoms with Gasteiger partial charge in [0, 0.05) is 5.69 Å². The van der Waals surface area contributed by atoms with Crippen LogP contribution in [-0.4, -0.2) is 24.9 Å². The number of hydrazine groups is 1. The molecule has 0 aliphatic heterocycles. The molecule has 0 fully saturated rings. The van der Waals surface area contributed by atoms with Gasteiger partial charge in [0.15, 0.2) is 6.04 Å². The van der Waals surface area contributed by atoms with Crippen molar-refractivity contribution in [3.8, 4) is 0 Å². The van der Waals surface area contributed by atoms with Crippen molar-refractivity contribution in [2.45, 2.75) is 19.1 Å². The molecule has 1 atom stereocenters. The molecule has 0 saturated heterocycles. The van der Waals surface area contributed by atoms with E-state index in [0.29, 0.717) is 6.29 Å². The zero-order valence-electron chi connectivity index (χ0n) is 10.5. The third-order valence-corrected chi connectivity index (χ3v) is 2.26. The molecule has 1 aromatic rings. The Morgan fingerprint density at radius 3 is 2.40 bits per heavy atom. The fourth-order valence-corrected chi connectivity index (χ4v) is 1.28. The summed E-state index contributed by atoms with van der Waals surface area (Å²) in [5.74, 6) is -0.776. The average Bonchev–Trinajstić information content (AvgIpc) is 2.39. The largest absolute Gasteiger partial charge is 0.464 e. The number of esters is 1. The van der Waals surface area contributed by atoms with Crippen LogP contribution < -0.4 is 10.9 Å². The second kappa shape index (κ2) is 6.90. The van der Waals surface area contributed by atoms with E-state index < -0.39 is 23.8 Å². The minimum Gasteiger partial charge on any atom is -0.464 e. The predicted octanol–water partition coefficient (Wildman–Crippen LogP) is 1.75. The van der Waals surface area contributed by atoms with Gasteiger partial charge >= 0.3 is 12.1 Å². The number of hydrogen-bond acceptors (Lipinski definition) is 5. The van der Waals surface area contributed by atoms with Crippen molar-refractivity contribution in [3.63, 3.8) is 0 Å². The van der Waals surface area contributed by atoms with Crippen LogP contribution in [0.5, 0.6) is 0 Å². The lowest BCUT2D eigenvalue weighted by Gasteiger charge is -2.14. The van der Waals surface area contributed by atoms with E-state index in [4.69, 9.17) is 0 Å². The monoisotopic (exact) mass is 290 g/mol. The van der Waals surface area contributed by atoms with Crippen LogP contribution in [0, 0.1) is 0 Å². The zero-order valence-corrected chi connectivity index (χ0v) is 10.5. The maximum atomic E-state index is 12.3. The van der Waals surface area contributed by atoms with Crippen LogP contribution in [0.3, 0.4) is 0 Å². The first-order valence-electron chi connectivity index (χ1n) is 5.69. The molecular weight excluding hydrogens is 277 g/mol. The lowest BCUT2D eigenvalue weighted by Crippen LogP contribution is -2.42. The quantitative estimate of drug-likeness (QED) is 0.361. The standard InChI is InChI=1S/C12H13F3N2O3/c1-2-20-11(19)10(7-18)17-16-9-5-3-8(4-6-9)12(13,14)15/h3-7,10,16-17H,2H2,1H3. The number of rotatable bonds is 6. The van der Waals surface area contributed by atoms with Gasteiger partial charge in [-0.1, -0.05) is 0 Å². The Morgan fingerprint density at radius 2 is 1.95 bits per heavy atom. The molecule has 1 rings (SSSR count). The van der Waals surface area contributed by atoms with Crippen LogP contribution in [0.4, 0.5) is 18.9 Å². The maximum absolute atomic E-state index is 12.3. The summed E-state index contributed by atoms with van der Waals surface area (Å²) in [4.78, 5) is 22.0. The summed E-state index contributed by atoms with van der Waals surface area (Å²) in [6, 6.07) is 2.86. The molecule has 1 unspecified atom stereocenters. The Balaban J connectivity index is 2.61. The third kappa shape index (κ3) is 4.54. The minimum absolute atomic E-state index is 0.116. The van der Waals surface area contributed by atoms with Gasteiger partial charge in [-0.2, -0.15) is 13.2 Å². The molecule has 0 saturated carbocycles. The van der Waals surface area contributed by atoms with E-state index >= 15 is 0 Å². The molecular formula is C12H13F3N2O3. The summed E-state index contributed by atoms with van der Waals surface area (Å²) in [5.41, 5.74) is 4.30. The van der Waals surface area contributed by atoms with Gasteiger partial charge in [-0.3, -0.25) is 0 Å². The molecule has 0 amide bonds. The molecule has 1 aromatic carbocycles. The van der Waals surface area contributed by atoms with Crippen molar-refractivity contribution in [1.82, 2.24) is 5.43 Å². The summed E-state index contributed by atoms with van der Waals surface area (Å²) in [5, 5.41) is 0. The smallest absolute Gasteiger partial charge is 0.416 e. The van der Waals surface area contributed by atoms with E-state index in [9.17, 15) is 22.8 Å². The van der Waals surface area contributed by atoms with Crippen LogP contribution >= 0.6 is 0 Å². The van der Waals surface area contributed by atoms with Crippen molar-refractivity contribution in [1.29, 1.82) is 0 Å². The first kappa shape index (κ1) is 16.0. The number of carbonyl (C=O) groups is 2. The number of carbonyl (C=O) groups excluding carboxylic acids is 2. The molecule has 2 N–H and O–H groups in total. The highest BCUT2D eigenvalue weighted by Crippen LogP contribution is 2.29. The Kier molecular flexibility index (Phi) is 5.51. The van der Waals surface area contributed by atoms with Crippen LogP contribution in [-0.2, 0) is 20.5 Å². The number of benzene rings is 1. The predicted molar refractivity (Wildman–Crippen MR) is 64.7 cm³/mol. The highest BCUT2D eigenvalue weighted by molar-refractivity contribution is 5.92. The molecule has 0 radical (unpaired) electrons. The van der Waals surface area contributed by atoms with E-state index in [0.717, 1.165) is 12.1 Å². The summed E-state index contributed by atoms with van der Waals surface area (Å²) in [6.45, 7) is 1.70. The SMILES string of the molecule is CCOC(=O)C(C=O)NNc1ccc(C(F)(F)F)cc1. The number of nitrogens with one attached hydrogen (secondary N) is 2. The van der Waals surface area contributed by atoms with Gasteiger partial charge in [-0.15, -0.1) is 0 Å². The van der Waals surface area contributed by atoms with Gasteiger partial charge in [-0.25, -0.2) is 10.2 Å². The lowest BCUT2D eigenvalue weighted by molar-refractivity contribution is -0.146. The molecule has 0 aliphatic rings. The summed E-state index contributed by atoms with van der Waals surface area (Å²) < 4.78 is 41.6. The normalized spacial score (nSPS) is 12.6. The minimum atomic E-state index is -4.41. The Bertz CT molecular complexity index is 460. The van der Waals surface area contributed by atoms with Crippen LogP contribution in [0.2, 0.25) is 0 Å². The zero-order chi connectivity index (χ0) is 15.2. The summed E-state index contributed by atoms with van der Waals surface area (Å²) in [6.07, 6.45) is -4.09. The van der Waals surface area contributed by atoms with Gasteiger partial charge in [0.05, 0.1) is 12.2 Å². The lowest BCUT2D eigenvalue weighted by atomic mass is 10.2. The molecule has 0 heterocycles. The van der Waals surface area contributed by atoms with Gasteiger partial charge in [0.25, 0.3) is 0 Å². The van der Waals surface area contributed by atoms with E-state index in [2.05, 4.69) is 15.6 Å². The Labute approximate surface area is 113 Å². The number of ether oxygens (including phenoxy) is 1. The molecule has 20 heavy (non-hydrogen) atoms. The Hall–Kier alpha value is -2.09. The molecule has 110 valence electrons. The Morgan fingerprint density at radius 1 is 1.35 bits per heavy atom. The van der Waals surface area contributed by atoms with Crippen molar-refractivity contribution < 1.29 is 27.5 Å². The molecule has 8 heteroatoms. The van der Waals surface area contributed by atoms with Gasteiger partial charge in [0.1, 0.15) is 6.29 Å². The van der Waals surface area contributed by atoms with Crippen molar-refractivity contribution >= 4 is 17.9 Å². The third-order valence-electron chi connectivity index (χ3n) is 2.26. The molecule has 0 bridgehead atoms. The van der Waals surface area contributed by atoms with Crippen LogP contribution in [0.1, 0.15) is 12.5 Å². The highest BCUT2D eigenvalue weighted by atomic mass is 19.4. The van der Waals surface area contributed by atoms with Crippen molar-refractivity contribution in [3.05, 3.63) is 29.8 Å². The summed E-state index contributed by atoms with van der Waals surface area (Å²) in [7, 11) is 0. The number of anilines is 1. The van der Waals surface area contributed by atoms with Crippen molar-refractivity contribution in [2.24, 2.45) is 0 Å². The van der Waals surface area contributed by atoms with E-state index in [1.165, 1.54) is 12.1 Å². The highest BCUT2D eigenvalue weighted by Gasteiger charge is 2.30. The average molecular weight is 290 g/mol. The van der Waals surface area contributed by atoms with E-state index in [-0.39, 0.29) is 12.3 Å².